The molecular weight excluding hydrogens is 264 g/mol. The number of aryl methyl sites for hydroxylation is 1. The molecule has 0 fully saturated rings. The minimum Gasteiger partial charge on any atom is -0.462 e. The molecule has 1 N–H and O–H groups in total. The normalized spacial score (nSPS) is 10.6. The number of anilines is 1. The summed E-state index contributed by atoms with van der Waals surface area (Å²) in [5, 5.41) is 2.15. The zero-order chi connectivity index (χ0) is 13.9. The van der Waals surface area contributed by atoms with E-state index >= 15 is 0 Å². The summed E-state index contributed by atoms with van der Waals surface area (Å²) in [5.41, 5.74) is 0.774. The highest BCUT2D eigenvalue weighted by molar-refractivity contribution is 7.16. The Morgan fingerprint density at radius 3 is 2.50 bits per heavy atom. The average molecular weight is 277 g/mol. The highest BCUT2D eigenvalue weighted by atomic mass is 32.1. The molecule has 0 aliphatic carbocycles. The van der Waals surface area contributed by atoms with Gasteiger partial charge >= 0.3 is 12.4 Å². The Labute approximate surface area is 107 Å². The second-order valence-electron chi connectivity index (χ2n) is 3.50. The molecule has 0 spiro atoms. The molecule has 0 saturated heterocycles. The van der Waals surface area contributed by atoms with Crippen molar-refractivity contribution in [2.24, 2.45) is 0 Å². The Morgan fingerprint density at radius 2 is 2.00 bits per heavy atom. The molecule has 0 aromatic carbocycles. The number of hydrogen-bond donors (Lipinski definition) is 1. The van der Waals surface area contributed by atoms with Crippen molar-refractivity contribution >= 4 is 28.2 Å². The van der Waals surface area contributed by atoms with Crippen LogP contribution in [0.1, 0.15) is 27.7 Å². The number of rotatable bonds is 4. The van der Waals surface area contributed by atoms with E-state index < -0.39 is 18.3 Å². The quantitative estimate of drug-likeness (QED) is 0.861. The van der Waals surface area contributed by atoms with Crippen molar-refractivity contribution in [3.8, 4) is 0 Å². The van der Waals surface area contributed by atoms with Crippen LogP contribution in [0, 0.1) is 13.8 Å². The number of carbonyl (C=O) groups is 2. The van der Waals surface area contributed by atoms with Crippen molar-refractivity contribution in [1.29, 1.82) is 0 Å². The van der Waals surface area contributed by atoms with E-state index in [0.717, 1.165) is 16.2 Å². The van der Waals surface area contributed by atoms with E-state index in [-0.39, 0.29) is 17.2 Å². The predicted octanol–water partition coefficient (Wildman–Crippen LogP) is 2.75. The van der Waals surface area contributed by atoms with Crippen molar-refractivity contribution in [1.82, 2.24) is 0 Å². The number of thiophene rings is 1. The van der Waals surface area contributed by atoms with E-state index in [2.05, 4.69) is 0 Å². The van der Waals surface area contributed by atoms with Gasteiger partial charge in [0.15, 0.2) is 0 Å². The van der Waals surface area contributed by atoms with Crippen molar-refractivity contribution in [3.05, 3.63) is 16.0 Å². The summed E-state index contributed by atoms with van der Waals surface area (Å²) in [7, 11) is 0. The van der Waals surface area contributed by atoms with Gasteiger partial charge in [0.05, 0.1) is 12.2 Å². The summed E-state index contributed by atoms with van der Waals surface area (Å²) in [6.45, 7) is 5.23. The van der Waals surface area contributed by atoms with Crippen molar-refractivity contribution < 1.29 is 23.1 Å². The number of carbonyl (C=O) groups excluding carboxylic acids is 2. The number of amides is 1. The van der Waals surface area contributed by atoms with Gasteiger partial charge in [-0.3, -0.25) is 4.79 Å². The standard InChI is InChI=1S/C11H13F2NO3S/c1-4-17-11(16)7-5(2)6(3)18-10(7)14-9(15)8(12)13/h8H,4H2,1-3H3,(H,14,15). The highest BCUT2D eigenvalue weighted by Gasteiger charge is 2.24. The molecule has 1 heterocycles. The molecule has 18 heavy (non-hydrogen) atoms. The third-order valence-electron chi connectivity index (χ3n) is 2.30. The van der Waals surface area contributed by atoms with Crippen LogP contribution in [-0.4, -0.2) is 24.9 Å². The summed E-state index contributed by atoms with van der Waals surface area (Å²) in [6, 6.07) is 0. The molecule has 0 radical (unpaired) electrons. The van der Waals surface area contributed by atoms with Gasteiger partial charge < -0.3 is 10.1 Å². The van der Waals surface area contributed by atoms with E-state index in [0.29, 0.717) is 5.56 Å². The van der Waals surface area contributed by atoms with E-state index in [9.17, 15) is 18.4 Å². The SMILES string of the molecule is CCOC(=O)c1c(NC(=O)C(F)F)sc(C)c1C. The first-order valence-corrected chi connectivity index (χ1v) is 6.06. The summed E-state index contributed by atoms with van der Waals surface area (Å²) < 4.78 is 29.2. The summed E-state index contributed by atoms with van der Waals surface area (Å²) >= 11 is 1.07. The van der Waals surface area contributed by atoms with E-state index in [4.69, 9.17) is 4.74 Å². The van der Waals surface area contributed by atoms with Gasteiger partial charge in [0.25, 0.3) is 5.91 Å². The minimum atomic E-state index is -3.12. The second kappa shape index (κ2) is 5.90. The molecule has 1 amide bonds. The average Bonchev–Trinajstić information content (AvgIpc) is 2.54. The zero-order valence-corrected chi connectivity index (χ0v) is 11.0. The van der Waals surface area contributed by atoms with E-state index in [1.165, 1.54) is 0 Å². The largest absolute Gasteiger partial charge is 0.462 e. The van der Waals surface area contributed by atoms with Gasteiger partial charge in [-0.1, -0.05) is 0 Å². The van der Waals surface area contributed by atoms with Crippen LogP contribution in [0.3, 0.4) is 0 Å². The maximum Gasteiger partial charge on any atom is 0.341 e. The molecule has 1 aromatic rings. The number of nitrogens with one attached hydrogen (secondary N) is 1. The van der Waals surface area contributed by atoms with Crippen molar-refractivity contribution in [3.63, 3.8) is 0 Å². The Kier molecular flexibility index (Phi) is 4.77. The lowest BCUT2D eigenvalue weighted by atomic mass is 10.1. The molecule has 0 aliphatic rings. The molecule has 1 rings (SSSR count). The second-order valence-corrected chi connectivity index (χ2v) is 4.72. The van der Waals surface area contributed by atoms with Gasteiger partial charge in [0.1, 0.15) is 5.00 Å². The van der Waals surface area contributed by atoms with Gasteiger partial charge in [-0.15, -0.1) is 11.3 Å². The van der Waals surface area contributed by atoms with Crippen LogP contribution in [0.5, 0.6) is 0 Å². The summed E-state index contributed by atoms with van der Waals surface area (Å²) in [4.78, 5) is 23.4. The maximum absolute atomic E-state index is 12.2. The van der Waals surface area contributed by atoms with Crippen molar-refractivity contribution in [2.45, 2.75) is 27.2 Å². The smallest absolute Gasteiger partial charge is 0.341 e. The molecule has 0 bridgehead atoms. The van der Waals surface area contributed by atoms with Gasteiger partial charge in [-0.05, 0) is 26.3 Å². The van der Waals surface area contributed by atoms with E-state index in [1.807, 2.05) is 5.32 Å². The van der Waals surface area contributed by atoms with Crippen LogP contribution >= 0.6 is 11.3 Å². The number of hydrogen-bond acceptors (Lipinski definition) is 4. The molecule has 0 aliphatic heterocycles. The third-order valence-corrected chi connectivity index (χ3v) is 3.42. The topological polar surface area (TPSA) is 55.4 Å². The Morgan fingerprint density at radius 1 is 1.39 bits per heavy atom. The third kappa shape index (κ3) is 3.04. The molecule has 1 aromatic heterocycles. The minimum absolute atomic E-state index is 0.105. The van der Waals surface area contributed by atoms with Crippen LogP contribution < -0.4 is 5.32 Å². The predicted molar refractivity (Wildman–Crippen MR) is 64.4 cm³/mol. The number of alkyl halides is 2. The van der Waals surface area contributed by atoms with Crippen LogP contribution in [0.4, 0.5) is 13.8 Å². The van der Waals surface area contributed by atoms with E-state index in [1.54, 1.807) is 20.8 Å². The monoisotopic (exact) mass is 277 g/mol. The number of ether oxygens (including phenoxy) is 1. The zero-order valence-electron chi connectivity index (χ0n) is 10.2. The lowest BCUT2D eigenvalue weighted by Crippen LogP contribution is -2.21. The fourth-order valence-corrected chi connectivity index (χ4v) is 2.38. The molecule has 7 heteroatoms. The highest BCUT2D eigenvalue weighted by Crippen LogP contribution is 2.33. The molecular formula is C11H13F2NO3S. The Balaban J connectivity index is 3.08. The molecule has 4 nitrogen and oxygen atoms in total. The molecule has 0 saturated carbocycles. The Bertz CT molecular complexity index is 471. The first-order valence-electron chi connectivity index (χ1n) is 5.24. The Hall–Kier alpha value is -1.50. The first-order chi connectivity index (χ1) is 8.38. The fraction of sp³-hybridized carbons (Fsp3) is 0.455. The van der Waals surface area contributed by atoms with Crippen LogP contribution in [0.15, 0.2) is 0 Å². The van der Waals surface area contributed by atoms with Crippen LogP contribution in [-0.2, 0) is 9.53 Å². The van der Waals surface area contributed by atoms with Gasteiger partial charge in [0.2, 0.25) is 0 Å². The number of halogens is 2. The number of esters is 1. The fourth-order valence-electron chi connectivity index (χ4n) is 1.33. The molecule has 100 valence electrons. The lowest BCUT2D eigenvalue weighted by Gasteiger charge is -2.06. The first kappa shape index (κ1) is 14.6. The maximum atomic E-state index is 12.2. The molecule has 0 unspecified atom stereocenters. The summed E-state index contributed by atoms with van der Waals surface area (Å²) in [5.74, 6) is -2.05. The van der Waals surface area contributed by atoms with Gasteiger partial charge in [-0.2, -0.15) is 8.78 Å². The van der Waals surface area contributed by atoms with Crippen LogP contribution in [0.25, 0.3) is 0 Å². The molecule has 0 atom stereocenters. The summed E-state index contributed by atoms with van der Waals surface area (Å²) in [6.07, 6.45) is -3.12. The van der Waals surface area contributed by atoms with Crippen LogP contribution in [0.2, 0.25) is 0 Å². The van der Waals surface area contributed by atoms with Gasteiger partial charge in [0, 0.05) is 4.88 Å². The van der Waals surface area contributed by atoms with Gasteiger partial charge in [-0.25, -0.2) is 4.79 Å². The lowest BCUT2D eigenvalue weighted by molar-refractivity contribution is -0.126. The van der Waals surface area contributed by atoms with Crippen molar-refractivity contribution in [2.75, 3.05) is 11.9 Å².